The monoisotopic (exact) mass is 482 g/mol. The Bertz CT molecular complexity index is 1340. The van der Waals surface area contributed by atoms with Crippen LogP contribution < -0.4 is 5.32 Å². The summed E-state index contributed by atoms with van der Waals surface area (Å²) in [6, 6.07) is 12.1. The van der Waals surface area contributed by atoms with Gasteiger partial charge in [-0.1, -0.05) is 12.1 Å². The lowest BCUT2D eigenvalue weighted by molar-refractivity contribution is 0.115. The smallest absolute Gasteiger partial charge is 0.409 e. The number of nitrogens with zero attached hydrogens (tertiary/aromatic N) is 4. The number of nitriles is 1. The van der Waals surface area contributed by atoms with Gasteiger partial charge < -0.3 is 19.9 Å². The molecule has 178 valence electrons. The molecule has 1 aliphatic heterocycles. The van der Waals surface area contributed by atoms with Gasteiger partial charge in [0.15, 0.2) is 15.5 Å². The Labute approximate surface area is 197 Å². The van der Waals surface area contributed by atoms with Crippen molar-refractivity contribution in [1.29, 1.82) is 5.26 Å². The fraction of sp³-hybridized carbons (Fsp3) is 0.391. The Morgan fingerprint density at radius 3 is 2.76 bits per heavy atom. The summed E-state index contributed by atoms with van der Waals surface area (Å²) >= 11 is 0. The van der Waals surface area contributed by atoms with Gasteiger partial charge in [0.2, 0.25) is 5.95 Å². The normalized spacial score (nSPS) is 15.6. The molecule has 10 nitrogen and oxygen atoms in total. The highest BCUT2D eigenvalue weighted by Gasteiger charge is 2.33. The molecule has 3 aromatic rings. The minimum Gasteiger partial charge on any atom is -0.453 e. The van der Waals surface area contributed by atoms with E-state index in [9.17, 15) is 18.5 Å². The minimum atomic E-state index is -3.61. The summed E-state index contributed by atoms with van der Waals surface area (Å²) in [5.41, 5.74) is 2.83. The number of sulfone groups is 1. The minimum absolute atomic E-state index is 0.116. The van der Waals surface area contributed by atoms with Crippen LogP contribution in [0.25, 0.3) is 11.2 Å². The molecule has 1 saturated heterocycles. The molecule has 3 heterocycles. The lowest BCUT2D eigenvalue weighted by Gasteiger charge is -2.30. The summed E-state index contributed by atoms with van der Waals surface area (Å²) in [4.78, 5) is 25.4. The third-order valence-corrected chi connectivity index (χ3v) is 8.25. The number of benzene rings is 1. The van der Waals surface area contributed by atoms with E-state index in [0.29, 0.717) is 43.1 Å². The van der Waals surface area contributed by atoms with Crippen LogP contribution >= 0.6 is 0 Å². The molecular formula is C23H26N6O4S. The number of amides is 1. The van der Waals surface area contributed by atoms with Crippen molar-refractivity contribution in [2.24, 2.45) is 0 Å². The summed E-state index contributed by atoms with van der Waals surface area (Å²) < 4.78 is 31.4. The number of aromatic amines is 1. The number of carbonyl (C=O) groups excluding carboxylic acids is 1. The number of aromatic nitrogens is 3. The van der Waals surface area contributed by atoms with Crippen molar-refractivity contribution in [2.45, 2.75) is 42.4 Å². The van der Waals surface area contributed by atoms with Crippen molar-refractivity contribution >= 4 is 33.0 Å². The first-order valence-electron chi connectivity index (χ1n) is 11.0. The molecule has 0 radical (unpaired) electrons. The van der Waals surface area contributed by atoms with Gasteiger partial charge in [-0.25, -0.2) is 18.2 Å². The number of aryl methyl sites for hydroxylation is 1. The lowest BCUT2D eigenvalue weighted by Crippen LogP contribution is -2.42. The van der Waals surface area contributed by atoms with E-state index in [2.05, 4.69) is 26.3 Å². The molecule has 11 heteroatoms. The van der Waals surface area contributed by atoms with E-state index < -0.39 is 27.2 Å². The van der Waals surface area contributed by atoms with Crippen LogP contribution in [0.1, 0.15) is 36.6 Å². The average molecular weight is 483 g/mol. The number of hydrogen-bond donors (Lipinski definition) is 2. The van der Waals surface area contributed by atoms with Gasteiger partial charge in [-0.2, -0.15) is 10.2 Å². The number of carbonyl (C=O) groups is 1. The van der Waals surface area contributed by atoms with Crippen LogP contribution in [0.4, 0.5) is 10.7 Å². The second-order valence-electron chi connectivity index (χ2n) is 8.24. The molecule has 0 saturated carbocycles. The summed E-state index contributed by atoms with van der Waals surface area (Å²) in [6.45, 7) is 2.54. The molecule has 2 aromatic heterocycles. The van der Waals surface area contributed by atoms with Crippen LogP contribution in [0.2, 0.25) is 0 Å². The number of methoxy groups -OCH3 is 1. The molecular weight excluding hydrogens is 456 g/mol. The van der Waals surface area contributed by atoms with Crippen molar-refractivity contribution in [3.63, 3.8) is 0 Å². The molecule has 1 fully saturated rings. The molecule has 4 rings (SSSR count). The van der Waals surface area contributed by atoms with Gasteiger partial charge in [-0.15, -0.1) is 0 Å². The van der Waals surface area contributed by atoms with Crippen molar-refractivity contribution in [1.82, 2.24) is 19.9 Å². The van der Waals surface area contributed by atoms with E-state index in [1.807, 2.05) is 19.1 Å². The van der Waals surface area contributed by atoms with Crippen molar-refractivity contribution in [3.05, 3.63) is 47.7 Å². The van der Waals surface area contributed by atoms with Gasteiger partial charge in [0, 0.05) is 18.8 Å². The molecule has 2 N–H and O–H groups in total. The predicted octanol–water partition coefficient (Wildman–Crippen LogP) is 3.34. The molecule has 1 aliphatic rings. The molecule has 1 amide bonds. The molecule has 0 unspecified atom stereocenters. The number of hydrogen-bond acceptors (Lipinski definition) is 8. The van der Waals surface area contributed by atoms with E-state index in [1.54, 1.807) is 24.3 Å². The van der Waals surface area contributed by atoms with E-state index in [0.717, 1.165) is 11.2 Å². The molecule has 0 aliphatic carbocycles. The van der Waals surface area contributed by atoms with Crippen LogP contribution in [-0.2, 0) is 14.6 Å². The van der Waals surface area contributed by atoms with Crippen molar-refractivity contribution < 1.29 is 17.9 Å². The number of H-pyrrole nitrogens is 1. The Morgan fingerprint density at radius 1 is 1.29 bits per heavy atom. The summed E-state index contributed by atoms with van der Waals surface area (Å²) in [5.74, 6) is 0.455. The molecule has 34 heavy (non-hydrogen) atoms. The maximum absolute atomic E-state index is 13.3. The zero-order valence-corrected chi connectivity index (χ0v) is 19.8. The summed E-state index contributed by atoms with van der Waals surface area (Å²) in [7, 11) is -2.30. The topological polar surface area (TPSA) is 141 Å². The second kappa shape index (κ2) is 9.69. The Morgan fingerprint density at radius 2 is 2.06 bits per heavy atom. The van der Waals surface area contributed by atoms with Crippen molar-refractivity contribution in [2.75, 3.05) is 25.5 Å². The average Bonchev–Trinajstić information content (AvgIpc) is 3.25. The molecule has 0 bridgehead atoms. The Kier molecular flexibility index (Phi) is 6.70. The summed E-state index contributed by atoms with van der Waals surface area (Å²) in [5, 5.41) is 12.0. The summed E-state index contributed by atoms with van der Waals surface area (Å²) in [6.07, 6.45) is 0.351. The third-order valence-electron chi connectivity index (χ3n) is 5.99. The highest BCUT2D eigenvalue weighted by Crippen LogP contribution is 2.29. The van der Waals surface area contributed by atoms with Crippen LogP contribution in [-0.4, -0.2) is 59.8 Å². The van der Waals surface area contributed by atoms with Gasteiger partial charge in [-0.3, -0.25) is 0 Å². The maximum atomic E-state index is 13.3. The van der Waals surface area contributed by atoms with E-state index in [-0.39, 0.29) is 11.3 Å². The van der Waals surface area contributed by atoms with Crippen molar-refractivity contribution in [3.8, 4) is 6.07 Å². The van der Waals surface area contributed by atoms with Gasteiger partial charge in [0.1, 0.15) is 0 Å². The SMILES string of the molecule is COC(=O)N1CCC(S(=O)(=O)c2cccc([C@@H](CC#N)Nc3nc4nc(C)ccc4[nH]3)c2)CC1. The fourth-order valence-electron chi connectivity index (χ4n) is 4.14. The Balaban J connectivity index is 1.55. The van der Waals surface area contributed by atoms with E-state index in [4.69, 9.17) is 4.74 Å². The number of likely N-dealkylation sites (tertiary alicyclic amines) is 1. The van der Waals surface area contributed by atoms with Gasteiger partial charge in [0.05, 0.1) is 41.3 Å². The molecule has 1 atom stereocenters. The van der Waals surface area contributed by atoms with Gasteiger partial charge in [0.25, 0.3) is 0 Å². The van der Waals surface area contributed by atoms with Crippen LogP contribution in [0.5, 0.6) is 0 Å². The highest BCUT2D eigenvalue weighted by molar-refractivity contribution is 7.92. The second-order valence-corrected chi connectivity index (χ2v) is 10.5. The maximum Gasteiger partial charge on any atom is 0.409 e. The van der Waals surface area contributed by atoms with Crippen LogP contribution in [0.15, 0.2) is 41.3 Å². The number of rotatable bonds is 6. The third kappa shape index (κ3) is 4.82. The fourth-order valence-corrected chi connectivity index (χ4v) is 5.93. The number of imidazole rings is 1. The lowest BCUT2D eigenvalue weighted by atomic mass is 10.0. The number of pyridine rings is 1. The van der Waals surface area contributed by atoms with E-state index >= 15 is 0 Å². The number of ether oxygens (including phenoxy) is 1. The first-order chi connectivity index (χ1) is 16.3. The standard InChI is InChI=1S/C23H26N6O4S/c1-15-6-7-20-21(25-15)28-22(27-20)26-19(8-11-24)16-4-3-5-18(14-16)34(31,32)17-9-12-29(13-10-17)23(30)33-2/h3-7,14,17,19H,8-10,12-13H2,1-2H3,(H2,25,26,27,28)/t19-/m1/s1. The number of fused-ring (bicyclic) bond motifs is 1. The van der Waals surface area contributed by atoms with E-state index in [1.165, 1.54) is 12.0 Å². The largest absolute Gasteiger partial charge is 0.453 e. The first kappa shape index (κ1) is 23.5. The predicted molar refractivity (Wildman–Crippen MR) is 126 cm³/mol. The molecule has 0 spiro atoms. The van der Waals surface area contributed by atoms with Crippen LogP contribution in [0.3, 0.4) is 0 Å². The van der Waals surface area contributed by atoms with Gasteiger partial charge in [-0.05, 0) is 49.6 Å². The molecule has 1 aromatic carbocycles. The number of piperidine rings is 1. The zero-order valence-electron chi connectivity index (χ0n) is 19.0. The van der Waals surface area contributed by atoms with Crippen LogP contribution in [0, 0.1) is 18.3 Å². The highest BCUT2D eigenvalue weighted by atomic mass is 32.2. The number of anilines is 1. The number of nitrogens with one attached hydrogen (secondary N) is 2. The Hall–Kier alpha value is -3.65. The first-order valence-corrected chi connectivity index (χ1v) is 12.5. The zero-order chi connectivity index (χ0) is 24.3. The quantitative estimate of drug-likeness (QED) is 0.545. The van der Waals surface area contributed by atoms with Gasteiger partial charge >= 0.3 is 6.09 Å².